The number of alkyl halides is 3. The van der Waals surface area contributed by atoms with Crippen LogP contribution in [0.15, 0.2) is 0 Å². The maximum Gasteiger partial charge on any atom is 0.389 e. The van der Waals surface area contributed by atoms with Crippen LogP contribution in [0.4, 0.5) is 13.2 Å². The summed E-state index contributed by atoms with van der Waals surface area (Å²) in [6, 6.07) is 0. The molecule has 0 aromatic carbocycles. The van der Waals surface area contributed by atoms with Gasteiger partial charge >= 0.3 is 6.18 Å². The van der Waals surface area contributed by atoms with Crippen molar-refractivity contribution in [1.82, 2.24) is 0 Å². The molecule has 0 heterocycles. The van der Waals surface area contributed by atoms with Gasteiger partial charge < -0.3 is 5.11 Å². The van der Waals surface area contributed by atoms with Gasteiger partial charge in [-0.2, -0.15) is 13.2 Å². The highest BCUT2D eigenvalue weighted by atomic mass is 19.4. The predicted molar refractivity (Wildman–Crippen MR) is 45.4 cm³/mol. The predicted octanol–water partition coefficient (Wildman–Crippen LogP) is 3.13. The smallest absolute Gasteiger partial charge is 0.389 e. The van der Waals surface area contributed by atoms with Gasteiger partial charge in [-0.1, -0.05) is 20.3 Å². The molecule has 1 N–H and O–H groups in total. The van der Waals surface area contributed by atoms with Gasteiger partial charge in [0.05, 0.1) is 5.60 Å². The van der Waals surface area contributed by atoms with Crippen LogP contribution in [0.3, 0.4) is 0 Å². The summed E-state index contributed by atoms with van der Waals surface area (Å²) < 4.78 is 35.5. The summed E-state index contributed by atoms with van der Waals surface area (Å²) in [5, 5.41) is 9.65. The molecule has 80 valence electrons. The van der Waals surface area contributed by atoms with Gasteiger partial charge in [-0.25, -0.2) is 0 Å². The zero-order valence-electron chi connectivity index (χ0n) is 8.28. The van der Waals surface area contributed by atoms with Gasteiger partial charge in [0.2, 0.25) is 0 Å². The summed E-state index contributed by atoms with van der Waals surface area (Å²) in [6.45, 7) is 5.08. The molecule has 0 spiro atoms. The fraction of sp³-hybridized carbons (Fsp3) is 1.00. The van der Waals surface area contributed by atoms with Crippen LogP contribution in [0, 0.1) is 5.92 Å². The van der Waals surface area contributed by atoms with Crippen molar-refractivity contribution in [2.75, 3.05) is 0 Å². The first kappa shape index (κ1) is 12.8. The van der Waals surface area contributed by atoms with E-state index in [9.17, 15) is 18.3 Å². The van der Waals surface area contributed by atoms with Gasteiger partial charge in [0.1, 0.15) is 0 Å². The van der Waals surface area contributed by atoms with Gasteiger partial charge in [0.15, 0.2) is 0 Å². The van der Waals surface area contributed by atoms with Crippen molar-refractivity contribution in [2.24, 2.45) is 5.92 Å². The minimum Gasteiger partial charge on any atom is -0.390 e. The molecule has 0 bridgehead atoms. The van der Waals surface area contributed by atoms with Gasteiger partial charge in [-0.15, -0.1) is 0 Å². The number of hydrogen-bond acceptors (Lipinski definition) is 1. The molecule has 1 nitrogen and oxygen atoms in total. The van der Waals surface area contributed by atoms with Gasteiger partial charge in [0, 0.05) is 6.42 Å². The lowest BCUT2D eigenvalue weighted by Crippen LogP contribution is -2.33. The first-order chi connectivity index (χ1) is 5.69. The first-order valence-electron chi connectivity index (χ1n) is 4.48. The maximum absolute atomic E-state index is 11.8. The second-order valence-electron chi connectivity index (χ2n) is 3.78. The highest BCUT2D eigenvalue weighted by Crippen LogP contribution is 2.30. The Balaban J connectivity index is 4.03. The topological polar surface area (TPSA) is 20.2 Å². The number of rotatable bonds is 4. The van der Waals surface area contributed by atoms with E-state index in [2.05, 4.69) is 0 Å². The summed E-state index contributed by atoms with van der Waals surface area (Å²) in [5.41, 5.74) is -1.20. The van der Waals surface area contributed by atoms with Crippen molar-refractivity contribution in [2.45, 2.75) is 51.8 Å². The van der Waals surface area contributed by atoms with Crippen LogP contribution in [0.2, 0.25) is 0 Å². The standard InChI is InChI=1S/C9H17F3O/c1-4-7(2)8(3,13)5-6-9(10,11)12/h7,13H,4-6H2,1-3H3. The molecule has 2 unspecified atom stereocenters. The lowest BCUT2D eigenvalue weighted by atomic mass is 9.85. The Kier molecular flexibility index (Phi) is 4.23. The van der Waals surface area contributed by atoms with E-state index in [1.165, 1.54) is 6.92 Å². The summed E-state index contributed by atoms with van der Waals surface area (Å²) in [7, 11) is 0. The van der Waals surface area contributed by atoms with E-state index in [4.69, 9.17) is 0 Å². The van der Waals surface area contributed by atoms with Crippen molar-refractivity contribution in [3.05, 3.63) is 0 Å². The molecule has 0 aliphatic heterocycles. The molecule has 0 saturated carbocycles. The van der Waals surface area contributed by atoms with Crippen LogP contribution >= 0.6 is 0 Å². The van der Waals surface area contributed by atoms with Crippen LogP contribution in [0.1, 0.15) is 40.0 Å². The third-order valence-corrected chi connectivity index (χ3v) is 2.59. The molecular weight excluding hydrogens is 181 g/mol. The van der Waals surface area contributed by atoms with Gasteiger partial charge in [0.25, 0.3) is 0 Å². The lowest BCUT2D eigenvalue weighted by Gasteiger charge is -2.29. The quantitative estimate of drug-likeness (QED) is 0.735. The van der Waals surface area contributed by atoms with E-state index < -0.39 is 18.2 Å². The molecule has 0 rings (SSSR count). The van der Waals surface area contributed by atoms with Crippen LogP contribution in [-0.4, -0.2) is 16.9 Å². The van der Waals surface area contributed by atoms with E-state index >= 15 is 0 Å². The molecule has 13 heavy (non-hydrogen) atoms. The van der Waals surface area contributed by atoms with Crippen molar-refractivity contribution < 1.29 is 18.3 Å². The van der Waals surface area contributed by atoms with Crippen molar-refractivity contribution in [1.29, 1.82) is 0 Å². The second kappa shape index (κ2) is 4.31. The van der Waals surface area contributed by atoms with E-state index in [-0.39, 0.29) is 12.3 Å². The Hall–Kier alpha value is -0.250. The largest absolute Gasteiger partial charge is 0.390 e. The van der Waals surface area contributed by atoms with Crippen molar-refractivity contribution >= 4 is 0 Å². The summed E-state index contributed by atoms with van der Waals surface area (Å²) >= 11 is 0. The Morgan fingerprint density at radius 2 is 1.69 bits per heavy atom. The molecule has 0 radical (unpaired) electrons. The normalized spacial score (nSPS) is 19.6. The summed E-state index contributed by atoms with van der Waals surface area (Å²) in [4.78, 5) is 0. The van der Waals surface area contributed by atoms with Crippen LogP contribution in [0.5, 0.6) is 0 Å². The van der Waals surface area contributed by atoms with Crippen LogP contribution in [0.25, 0.3) is 0 Å². The minimum atomic E-state index is -4.17. The number of aliphatic hydroxyl groups is 1. The fourth-order valence-electron chi connectivity index (χ4n) is 1.08. The SMILES string of the molecule is CCC(C)C(C)(O)CCC(F)(F)F. The Morgan fingerprint density at radius 1 is 1.23 bits per heavy atom. The summed E-state index contributed by atoms with van der Waals surface area (Å²) in [5.74, 6) is -0.102. The number of hydrogen-bond donors (Lipinski definition) is 1. The Morgan fingerprint density at radius 3 is 2.00 bits per heavy atom. The molecule has 0 aliphatic rings. The van der Waals surface area contributed by atoms with Crippen LogP contribution < -0.4 is 0 Å². The molecule has 0 amide bonds. The average molecular weight is 198 g/mol. The first-order valence-corrected chi connectivity index (χ1v) is 4.48. The average Bonchev–Trinajstić information content (AvgIpc) is 1.98. The van der Waals surface area contributed by atoms with Gasteiger partial charge in [-0.3, -0.25) is 0 Å². The molecular formula is C9H17F3O. The van der Waals surface area contributed by atoms with E-state index in [1.54, 1.807) is 6.92 Å². The molecule has 2 atom stereocenters. The van der Waals surface area contributed by atoms with E-state index in [0.29, 0.717) is 6.42 Å². The third-order valence-electron chi connectivity index (χ3n) is 2.59. The number of halogens is 3. The zero-order valence-corrected chi connectivity index (χ0v) is 8.28. The lowest BCUT2D eigenvalue weighted by molar-refractivity contribution is -0.149. The monoisotopic (exact) mass is 198 g/mol. The summed E-state index contributed by atoms with van der Waals surface area (Å²) in [6.07, 6.45) is -4.61. The zero-order chi connectivity index (χ0) is 10.7. The molecule has 0 aromatic heterocycles. The van der Waals surface area contributed by atoms with Crippen LogP contribution in [-0.2, 0) is 0 Å². The molecule has 0 aliphatic carbocycles. The highest BCUT2D eigenvalue weighted by Gasteiger charge is 2.34. The van der Waals surface area contributed by atoms with Crippen molar-refractivity contribution in [3.63, 3.8) is 0 Å². The fourth-order valence-corrected chi connectivity index (χ4v) is 1.08. The minimum absolute atomic E-state index is 0.102. The van der Waals surface area contributed by atoms with Crippen molar-refractivity contribution in [3.8, 4) is 0 Å². The molecule has 4 heteroatoms. The van der Waals surface area contributed by atoms with E-state index in [1.807, 2.05) is 6.92 Å². The molecule has 0 saturated heterocycles. The highest BCUT2D eigenvalue weighted by molar-refractivity contribution is 4.79. The molecule has 0 aromatic rings. The third kappa shape index (κ3) is 5.13. The Bertz CT molecular complexity index is 151. The Labute approximate surface area is 76.9 Å². The van der Waals surface area contributed by atoms with Gasteiger partial charge in [-0.05, 0) is 19.3 Å². The van der Waals surface area contributed by atoms with E-state index in [0.717, 1.165) is 0 Å². The molecule has 0 fully saturated rings. The second-order valence-corrected chi connectivity index (χ2v) is 3.78. The maximum atomic E-state index is 11.8.